The molecule has 0 aromatic rings. The molecule has 2 heteroatoms. The van der Waals surface area contributed by atoms with Gasteiger partial charge in [-0.05, 0) is 18.2 Å². The highest BCUT2D eigenvalue weighted by Gasteiger charge is 2.20. The summed E-state index contributed by atoms with van der Waals surface area (Å²) >= 11 is 4.20. The van der Waals surface area contributed by atoms with Crippen LogP contribution in [0.5, 0.6) is 0 Å². The maximum Gasteiger partial charge on any atom is 0.0868 e. The molecule has 0 radical (unpaired) electrons. The summed E-state index contributed by atoms with van der Waals surface area (Å²) in [6, 6.07) is 0. The predicted octanol–water partition coefficient (Wildman–Crippen LogP) is 2.17. The highest BCUT2D eigenvalue weighted by Crippen LogP contribution is 2.24. The second-order valence-corrected chi connectivity index (χ2v) is 3.20. The Morgan fingerprint density at radius 1 is 1.70 bits per heavy atom. The van der Waals surface area contributed by atoms with Gasteiger partial charge in [-0.2, -0.15) is 0 Å². The standard InChI is InChI=1S/C8H12OS/c1-8(9-2)5-3-7(10)4-6-8/h3-5,10H,6H2,1-2H3. The third-order valence-corrected chi connectivity index (χ3v) is 2.12. The van der Waals surface area contributed by atoms with E-state index < -0.39 is 0 Å². The Kier molecular flexibility index (Phi) is 2.21. The van der Waals surface area contributed by atoms with Crippen molar-refractivity contribution in [2.75, 3.05) is 7.11 Å². The predicted molar refractivity (Wildman–Crippen MR) is 46.2 cm³/mol. The van der Waals surface area contributed by atoms with Crippen molar-refractivity contribution in [3.05, 3.63) is 23.1 Å². The minimum absolute atomic E-state index is 0.105. The summed E-state index contributed by atoms with van der Waals surface area (Å²) in [5.74, 6) is 0. The van der Waals surface area contributed by atoms with Crippen molar-refractivity contribution in [2.24, 2.45) is 0 Å². The number of hydrogen-bond donors (Lipinski definition) is 1. The summed E-state index contributed by atoms with van der Waals surface area (Å²) in [6.07, 6.45) is 6.98. The van der Waals surface area contributed by atoms with Crippen LogP contribution in [0.2, 0.25) is 0 Å². The van der Waals surface area contributed by atoms with Gasteiger partial charge in [-0.3, -0.25) is 0 Å². The number of methoxy groups -OCH3 is 1. The van der Waals surface area contributed by atoms with E-state index in [0.29, 0.717) is 0 Å². The second kappa shape index (κ2) is 2.81. The molecule has 1 nitrogen and oxygen atoms in total. The van der Waals surface area contributed by atoms with Crippen molar-refractivity contribution in [3.63, 3.8) is 0 Å². The zero-order valence-electron chi connectivity index (χ0n) is 6.29. The van der Waals surface area contributed by atoms with E-state index in [-0.39, 0.29) is 5.60 Å². The molecule has 1 rings (SSSR count). The Labute approximate surface area is 67.2 Å². The molecule has 1 atom stereocenters. The van der Waals surface area contributed by atoms with E-state index in [1.54, 1.807) is 7.11 Å². The van der Waals surface area contributed by atoms with Gasteiger partial charge in [0.2, 0.25) is 0 Å². The molecular formula is C8H12OS. The minimum atomic E-state index is -0.105. The van der Waals surface area contributed by atoms with Crippen LogP contribution in [0.4, 0.5) is 0 Å². The molecule has 0 heterocycles. The maximum atomic E-state index is 5.26. The van der Waals surface area contributed by atoms with Crippen LogP contribution >= 0.6 is 12.6 Å². The van der Waals surface area contributed by atoms with Crippen molar-refractivity contribution < 1.29 is 4.74 Å². The molecule has 1 aliphatic rings. The fourth-order valence-electron chi connectivity index (χ4n) is 0.856. The van der Waals surface area contributed by atoms with E-state index in [2.05, 4.69) is 25.6 Å². The van der Waals surface area contributed by atoms with E-state index in [0.717, 1.165) is 11.3 Å². The lowest BCUT2D eigenvalue weighted by Gasteiger charge is -2.25. The monoisotopic (exact) mass is 156 g/mol. The van der Waals surface area contributed by atoms with Crippen LogP contribution in [-0.2, 0) is 4.74 Å². The number of allylic oxidation sites excluding steroid dienone is 1. The molecular weight excluding hydrogens is 144 g/mol. The SMILES string of the molecule is COC1(C)C=CC(S)=CC1. The summed E-state index contributed by atoms with van der Waals surface area (Å²) in [4.78, 5) is 1.02. The van der Waals surface area contributed by atoms with Crippen LogP contribution < -0.4 is 0 Å². The molecule has 0 saturated carbocycles. The number of ether oxygens (including phenoxy) is 1. The molecule has 0 fully saturated rings. The third kappa shape index (κ3) is 1.64. The number of rotatable bonds is 1. The van der Waals surface area contributed by atoms with Gasteiger partial charge in [0.05, 0.1) is 5.60 Å². The van der Waals surface area contributed by atoms with Crippen LogP contribution in [0.15, 0.2) is 23.1 Å². The molecule has 1 aliphatic carbocycles. The van der Waals surface area contributed by atoms with E-state index in [1.807, 2.05) is 12.2 Å². The topological polar surface area (TPSA) is 9.23 Å². The molecule has 0 aliphatic heterocycles. The quantitative estimate of drug-likeness (QED) is 0.572. The van der Waals surface area contributed by atoms with E-state index in [4.69, 9.17) is 4.74 Å². The highest BCUT2D eigenvalue weighted by atomic mass is 32.1. The third-order valence-electron chi connectivity index (χ3n) is 1.79. The van der Waals surface area contributed by atoms with Crippen LogP contribution in [-0.4, -0.2) is 12.7 Å². The molecule has 0 aromatic carbocycles. The smallest absolute Gasteiger partial charge is 0.0868 e. The number of thiol groups is 1. The summed E-state index contributed by atoms with van der Waals surface area (Å²) in [7, 11) is 1.72. The van der Waals surface area contributed by atoms with Gasteiger partial charge in [0.15, 0.2) is 0 Å². The molecule has 10 heavy (non-hydrogen) atoms. The van der Waals surface area contributed by atoms with E-state index >= 15 is 0 Å². The zero-order chi connectivity index (χ0) is 7.61. The van der Waals surface area contributed by atoms with Crippen molar-refractivity contribution in [3.8, 4) is 0 Å². The molecule has 0 spiro atoms. The average Bonchev–Trinajstić information content (AvgIpc) is 1.96. The van der Waals surface area contributed by atoms with Gasteiger partial charge in [0.1, 0.15) is 0 Å². The summed E-state index contributed by atoms with van der Waals surface area (Å²) in [5.41, 5.74) is -0.105. The first-order valence-corrected chi connectivity index (χ1v) is 3.74. The highest BCUT2D eigenvalue weighted by molar-refractivity contribution is 7.84. The fourth-order valence-corrected chi connectivity index (χ4v) is 1.02. The average molecular weight is 156 g/mol. The van der Waals surface area contributed by atoms with E-state index in [1.165, 1.54) is 0 Å². The molecule has 0 N–H and O–H groups in total. The Hall–Kier alpha value is -0.210. The summed E-state index contributed by atoms with van der Waals surface area (Å²) in [6.45, 7) is 2.06. The lowest BCUT2D eigenvalue weighted by atomic mass is 9.98. The van der Waals surface area contributed by atoms with Crippen LogP contribution in [0.1, 0.15) is 13.3 Å². The second-order valence-electron chi connectivity index (χ2n) is 2.68. The first-order valence-electron chi connectivity index (χ1n) is 3.30. The van der Waals surface area contributed by atoms with Crippen molar-refractivity contribution in [1.29, 1.82) is 0 Å². The lowest BCUT2D eigenvalue weighted by molar-refractivity contribution is 0.0505. The van der Waals surface area contributed by atoms with Gasteiger partial charge in [-0.1, -0.05) is 18.2 Å². The van der Waals surface area contributed by atoms with Gasteiger partial charge in [0, 0.05) is 7.11 Å². The molecule has 0 saturated heterocycles. The van der Waals surface area contributed by atoms with Gasteiger partial charge >= 0.3 is 0 Å². The summed E-state index contributed by atoms with van der Waals surface area (Å²) in [5, 5.41) is 0. The van der Waals surface area contributed by atoms with E-state index in [9.17, 15) is 0 Å². The molecule has 1 unspecified atom stereocenters. The van der Waals surface area contributed by atoms with Crippen molar-refractivity contribution in [1.82, 2.24) is 0 Å². The Bertz CT molecular complexity index is 184. The molecule has 0 aromatic heterocycles. The Balaban J connectivity index is 2.67. The lowest BCUT2D eigenvalue weighted by Crippen LogP contribution is -2.24. The first-order chi connectivity index (χ1) is 4.66. The van der Waals surface area contributed by atoms with Gasteiger partial charge in [-0.25, -0.2) is 0 Å². The fraction of sp³-hybridized carbons (Fsp3) is 0.500. The largest absolute Gasteiger partial charge is 0.374 e. The van der Waals surface area contributed by atoms with Crippen LogP contribution in [0.3, 0.4) is 0 Å². The maximum absolute atomic E-state index is 5.26. The van der Waals surface area contributed by atoms with Crippen molar-refractivity contribution in [2.45, 2.75) is 18.9 Å². The first kappa shape index (κ1) is 7.89. The Morgan fingerprint density at radius 2 is 2.40 bits per heavy atom. The van der Waals surface area contributed by atoms with Gasteiger partial charge in [-0.15, -0.1) is 12.6 Å². The van der Waals surface area contributed by atoms with Gasteiger partial charge < -0.3 is 4.74 Å². The molecule has 0 bridgehead atoms. The number of hydrogen-bond acceptors (Lipinski definition) is 2. The van der Waals surface area contributed by atoms with Crippen molar-refractivity contribution >= 4 is 12.6 Å². The molecule has 56 valence electrons. The normalized spacial score (nSPS) is 32.1. The molecule has 0 amide bonds. The van der Waals surface area contributed by atoms with Crippen LogP contribution in [0, 0.1) is 0 Å². The minimum Gasteiger partial charge on any atom is -0.374 e. The van der Waals surface area contributed by atoms with Crippen LogP contribution in [0.25, 0.3) is 0 Å². The van der Waals surface area contributed by atoms with Gasteiger partial charge in [0.25, 0.3) is 0 Å². The summed E-state index contributed by atoms with van der Waals surface area (Å²) < 4.78 is 5.26. The Morgan fingerprint density at radius 3 is 2.80 bits per heavy atom. The zero-order valence-corrected chi connectivity index (χ0v) is 7.19.